The van der Waals surface area contributed by atoms with Crippen LogP contribution < -0.4 is 10.2 Å². The number of amides is 1. The van der Waals surface area contributed by atoms with Gasteiger partial charge in [0, 0.05) is 25.6 Å². The molecule has 1 aromatic carbocycles. The molecule has 2 N–H and O–H groups in total. The third-order valence-electron chi connectivity index (χ3n) is 5.44. The second-order valence-electron chi connectivity index (χ2n) is 7.55. The third-order valence-corrected chi connectivity index (χ3v) is 5.44. The maximum Gasteiger partial charge on any atom is 0.227 e. The van der Waals surface area contributed by atoms with Crippen LogP contribution in [0.4, 0.5) is 11.4 Å². The number of carbonyl (C=O) groups excluding carboxylic acids is 1. The first-order chi connectivity index (χ1) is 12.1. The molecular formula is C20H30N2O3. The molecule has 2 aliphatic rings. The molecule has 2 heterocycles. The molecule has 2 aliphatic heterocycles. The number of nitrogens with zero attached hydrogens (tertiary/aromatic N) is 1. The molecule has 25 heavy (non-hydrogen) atoms. The Balaban J connectivity index is 1.68. The number of para-hydroxylation sites is 2. The molecule has 0 saturated carbocycles. The van der Waals surface area contributed by atoms with Gasteiger partial charge in [-0.15, -0.1) is 0 Å². The number of hydrogen-bond acceptors (Lipinski definition) is 4. The van der Waals surface area contributed by atoms with Crippen LogP contribution in [0.5, 0.6) is 0 Å². The SMILES string of the molecule is CC1CC(C(=O)Nc2ccccc2N2CCC(CO)CC2)CC(C)O1. The van der Waals surface area contributed by atoms with Gasteiger partial charge in [-0.25, -0.2) is 0 Å². The van der Waals surface area contributed by atoms with E-state index >= 15 is 0 Å². The Hall–Kier alpha value is -1.59. The highest BCUT2D eigenvalue weighted by Crippen LogP contribution is 2.31. The van der Waals surface area contributed by atoms with Gasteiger partial charge >= 0.3 is 0 Å². The number of benzene rings is 1. The molecule has 0 aromatic heterocycles. The number of ether oxygens (including phenoxy) is 1. The minimum Gasteiger partial charge on any atom is -0.396 e. The van der Waals surface area contributed by atoms with Crippen molar-refractivity contribution in [2.24, 2.45) is 11.8 Å². The second-order valence-corrected chi connectivity index (χ2v) is 7.55. The minimum absolute atomic E-state index is 0.00642. The highest BCUT2D eigenvalue weighted by atomic mass is 16.5. The molecule has 1 aromatic rings. The lowest BCUT2D eigenvalue weighted by Gasteiger charge is -2.35. The molecule has 0 bridgehead atoms. The van der Waals surface area contributed by atoms with Crippen LogP contribution in [0.15, 0.2) is 24.3 Å². The molecule has 0 spiro atoms. The van der Waals surface area contributed by atoms with Gasteiger partial charge in [0.05, 0.1) is 23.6 Å². The number of carbonyl (C=O) groups is 1. The summed E-state index contributed by atoms with van der Waals surface area (Å²) in [6.45, 7) is 6.18. The standard InChI is InChI=1S/C20H30N2O3/c1-14-11-17(12-15(2)25-14)20(24)21-18-5-3-4-6-19(18)22-9-7-16(13-23)8-10-22/h3-6,14-17,23H,7-13H2,1-2H3,(H,21,24). The van der Waals surface area contributed by atoms with E-state index in [1.165, 1.54) is 0 Å². The monoisotopic (exact) mass is 346 g/mol. The van der Waals surface area contributed by atoms with Crippen molar-refractivity contribution in [2.75, 3.05) is 29.9 Å². The van der Waals surface area contributed by atoms with Crippen molar-refractivity contribution in [3.63, 3.8) is 0 Å². The van der Waals surface area contributed by atoms with E-state index in [1.54, 1.807) is 0 Å². The normalized spacial score (nSPS) is 28.0. The van der Waals surface area contributed by atoms with Gasteiger partial charge in [0.2, 0.25) is 5.91 Å². The van der Waals surface area contributed by atoms with Gasteiger partial charge in [0.1, 0.15) is 0 Å². The summed E-state index contributed by atoms with van der Waals surface area (Å²) in [6.07, 6.45) is 3.81. The van der Waals surface area contributed by atoms with Crippen LogP contribution in [0.3, 0.4) is 0 Å². The predicted octanol–water partition coefficient (Wildman–Crippen LogP) is 3.04. The van der Waals surface area contributed by atoms with Gasteiger partial charge in [-0.05, 0) is 57.6 Å². The lowest BCUT2D eigenvalue weighted by atomic mass is 9.91. The second kappa shape index (κ2) is 8.19. The number of aliphatic hydroxyl groups is 1. The first kappa shape index (κ1) is 18.2. The predicted molar refractivity (Wildman–Crippen MR) is 99.8 cm³/mol. The summed E-state index contributed by atoms with van der Waals surface area (Å²) in [5.74, 6) is 0.509. The zero-order chi connectivity index (χ0) is 17.8. The summed E-state index contributed by atoms with van der Waals surface area (Å²) in [7, 11) is 0. The zero-order valence-corrected chi connectivity index (χ0v) is 15.3. The smallest absolute Gasteiger partial charge is 0.227 e. The Labute approximate surface area is 150 Å². The fraction of sp³-hybridized carbons (Fsp3) is 0.650. The molecule has 0 radical (unpaired) electrons. The number of rotatable bonds is 4. The van der Waals surface area contributed by atoms with Crippen molar-refractivity contribution >= 4 is 17.3 Å². The molecular weight excluding hydrogens is 316 g/mol. The van der Waals surface area contributed by atoms with E-state index in [0.29, 0.717) is 5.92 Å². The van der Waals surface area contributed by atoms with E-state index in [0.717, 1.165) is 50.1 Å². The fourth-order valence-corrected chi connectivity index (χ4v) is 4.07. The summed E-state index contributed by atoms with van der Waals surface area (Å²) >= 11 is 0. The Kier molecular flexibility index (Phi) is 5.97. The van der Waals surface area contributed by atoms with E-state index in [-0.39, 0.29) is 30.6 Å². The van der Waals surface area contributed by atoms with E-state index in [2.05, 4.69) is 16.3 Å². The first-order valence-electron chi connectivity index (χ1n) is 9.48. The number of hydrogen-bond donors (Lipinski definition) is 2. The molecule has 2 atom stereocenters. The molecule has 3 rings (SSSR count). The van der Waals surface area contributed by atoms with Crippen LogP contribution in [0.1, 0.15) is 39.5 Å². The number of piperidine rings is 1. The minimum atomic E-state index is 0.00642. The molecule has 5 heteroatoms. The Morgan fingerprint density at radius 3 is 2.48 bits per heavy atom. The zero-order valence-electron chi connectivity index (χ0n) is 15.3. The quantitative estimate of drug-likeness (QED) is 0.880. The highest BCUT2D eigenvalue weighted by Gasteiger charge is 2.30. The average molecular weight is 346 g/mol. The Bertz CT molecular complexity index is 574. The lowest BCUT2D eigenvalue weighted by Crippen LogP contribution is -2.37. The molecule has 0 aliphatic carbocycles. The van der Waals surface area contributed by atoms with Gasteiger partial charge in [-0.3, -0.25) is 4.79 Å². The van der Waals surface area contributed by atoms with Crippen LogP contribution in [0, 0.1) is 11.8 Å². The number of aliphatic hydroxyl groups excluding tert-OH is 1. The van der Waals surface area contributed by atoms with Crippen LogP contribution in [0.2, 0.25) is 0 Å². The Morgan fingerprint density at radius 2 is 1.84 bits per heavy atom. The van der Waals surface area contributed by atoms with Crippen molar-refractivity contribution < 1.29 is 14.6 Å². The van der Waals surface area contributed by atoms with Crippen LogP contribution in [-0.4, -0.2) is 42.9 Å². The van der Waals surface area contributed by atoms with Crippen molar-refractivity contribution in [3.05, 3.63) is 24.3 Å². The lowest BCUT2D eigenvalue weighted by molar-refractivity contribution is -0.127. The van der Waals surface area contributed by atoms with E-state index in [9.17, 15) is 9.90 Å². The number of anilines is 2. The summed E-state index contributed by atoms with van der Waals surface area (Å²) in [5.41, 5.74) is 1.97. The Morgan fingerprint density at radius 1 is 1.20 bits per heavy atom. The summed E-state index contributed by atoms with van der Waals surface area (Å²) < 4.78 is 5.75. The van der Waals surface area contributed by atoms with Gasteiger partial charge in [0.25, 0.3) is 0 Å². The highest BCUT2D eigenvalue weighted by molar-refractivity contribution is 5.96. The average Bonchev–Trinajstić information content (AvgIpc) is 2.61. The number of nitrogens with one attached hydrogen (secondary N) is 1. The molecule has 5 nitrogen and oxygen atoms in total. The van der Waals surface area contributed by atoms with Crippen molar-refractivity contribution in [1.82, 2.24) is 0 Å². The molecule has 1 amide bonds. The summed E-state index contributed by atoms with van der Waals surface area (Å²) in [6, 6.07) is 8.04. The van der Waals surface area contributed by atoms with Crippen molar-refractivity contribution in [3.8, 4) is 0 Å². The van der Waals surface area contributed by atoms with Crippen LogP contribution >= 0.6 is 0 Å². The van der Waals surface area contributed by atoms with Crippen molar-refractivity contribution in [1.29, 1.82) is 0 Å². The summed E-state index contributed by atoms with van der Waals surface area (Å²) in [5, 5.41) is 12.5. The van der Waals surface area contributed by atoms with Gasteiger partial charge in [-0.2, -0.15) is 0 Å². The van der Waals surface area contributed by atoms with Gasteiger partial charge in [-0.1, -0.05) is 12.1 Å². The third kappa shape index (κ3) is 4.53. The molecule has 138 valence electrons. The first-order valence-corrected chi connectivity index (χ1v) is 9.48. The van der Waals surface area contributed by atoms with Gasteiger partial charge < -0.3 is 20.1 Å². The fourth-order valence-electron chi connectivity index (χ4n) is 4.07. The molecule has 2 unspecified atom stereocenters. The van der Waals surface area contributed by atoms with Crippen LogP contribution in [-0.2, 0) is 9.53 Å². The maximum atomic E-state index is 12.8. The topological polar surface area (TPSA) is 61.8 Å². The van der Waals surface area contributed by atoms with Gasteiger partial charge in [0.15, 0.2) is 0 Å². The van der Waals surface area contributed by atoms with Crippen molar-refractivity contribution in [2.45, 2.75) is 51.7 Å². The van der Waals surface area contributed by atoms with Crippen LogP contribution in [0.25, 0.3) is 0 Å². The largest absolute Gasteiger partial charge is 0.396 e. The summed E-state index contributed by atoms with van der Waals surface area (Å²) in [4.78, 5) is 15.1. The van der Waals surface area contributed by atoms with E-state index in [1.807, 2.05) is 32.0 Å². The van der Waals surface area contributed by atoms with E-state index < -0.39 is 0 Å². The maximum absolute atomic E-state index is 12.8. The molecule has 2 fully saturated rings. The molecule has 2 saturated heterocycles. The van der Waals surface area contributed by atoms with E-state index in [4.69, 9.17) is 4.74 Å².